The van der Waals surface area contributed by atoms with Crippen LogP contribution in [0.4, 0.5) is 0 Å². The number of pyridine rings is 1. The van der Waals surface area contributed by atoms with Gasteiger partial charge in [-0.2, -0.15) is 0 Å². The quantitative estimate of drug-likeness (QED) is 0.646. The van der Waals surface area contributed by atoms with Crippen molar-refractivity contribution in [2.75, 3.05) is 0 Å². The summed E-state index contributed by atoms with van der Waals surface area (Å²) in [6, 6.07) is 5.69. The van der Waals surface area contributed by atoms with E-state index in [1.165, 1.54) is 0 Å². The normalized spacial score (nSPS) is 10.9. The highest BCUT2D eigenvalue weighted by atomic mass is 79.9. The fraction of sp³-hybridized carbons (Fsp3) is 0.100. The van der Waals surface area contributed by atoms with Gasteiger partial charge >= 0.3 is 0 Å². The molecule has 0 atom stereocenters. The standard InChI is InChI=1S/C10H6BrCl2N/c1-5-2-7-8(10(13)14-5)3-6(11)4-9(7)12/h2-4H,1H3. The summed E-state index contributed by atoms with van der Waals surface area (Å²) >= 11 is 15.5. The maximum absolute atomic E-state index is 6.09. The van der Waals surface area contributed by atoms with Gasteiger partial charge in [0.15, 0.2) is 0 Å². The average Bonchev–Trinajstić information content (AvgIpc) is 2.07. The summed E-state index contributed by atoms with van der Waals surface area (Å²) in [6.07, 6.45) is 0. The van der Waals surface area contributed by atoms with E-state index in [4.69, 9.17) is 23.2 Å². The topological polar surface area (TPSA) is 12.9 Å². The van der Waals surface area contributed by atoms with Crippen LogP contribution >= 0.6 is 39.1 Å². The Hall–Kier alpha value is -0.310. The van der Waals surface area contributed by atoms with E-state index in [0.717, 1.165) is 20.9 Å². The summed E-state index contributed by atoms with van der Waals surface area (Å²) in [6.45, 7) is 1.89. The van der Waals surface area contributed by atoms with Gasteiger partial charge in [0.25, 0.3) is 0 Å². The fourth-order valence-electron chi connectivity index (χ4n) is 1.36. The van der Waals surface area contributed by atoms with E-state index in [9.17, 15) is 0 Å². The van der Waals surface area contributed by atoms with Crippen molar-refractivity contribution >= 4 is 49.9 Å². The van der Waals surface area contributed by atoms with Gasteiger partial charge in [0.1, 0.15) is 5.15 Å². The fourth-order valence-corrected chi connectivity index (χ4v) is 2.51. The summed E-state index contributed by atoms with van der Waals surface area (Å²) < 4.78 is 0.905. The van der Waals surface area contributed by atoms with Crippen LogP contribution < -0.4 is 0 Å². The summed E-state index contributed by atoms with van der Waals surface area (Å²) in [7, 11) is 0. The Morgan fingerprint density at radius 2 is 1.86 bits per heavy atom. The molecule has 2 aromatic rings. The summed E-state index contributed by atoms with van der Waals surface area (Å²) in [5.41, 5.74) is 0.867. The summed E-state index contributed by atoms with van der Waals surface area (Å²) in [5, 5.41) is 2.98. The van der Waals surface area contributed by atoms with Gasteiger partial charge in [-0.3, -0.25) is 0 Å². The first-order valence-electron chi connectivity index (χ1n) is 4.00. The minimum absolute atomic E-state index is 0.489. The van der Waals surface area contributed by atoms with Crippen LogP contribution in [0.2, 0.25) is 10.2 Å². The van der Waals surface area contributed by atoms with E-state index in [-0.39, 0.29) is 0 Å². The molecule has 0 unspecified atom stereocenters. The van der Waals surface area contributed by atoms with E-state index in [1.54, 1.807) is 0 Å². The maximum Gasteiger partial charge on any atom is 0.137 e. The smallest absolute Gasteiger partial charge is 0.137 e. The predicted octanol–water partition coefficient (Wildman–Crippen LogP) is 4.61. The molecule has 0 amide bonds. The van der Waals surface area contributed by atoms with Crippen LogP contribution in [0.5, 0.6) is 0 Å². The van der Waals surface area contributed by atoms with E-state index < -0.39 is 0 Å². The van der Waals surface area contributed by atoms with Crippen LogP contribution in [0.25, 0.3) is 10.8 Å². The highest BCUT2D eigenvalue weighted by molar-refractivity contribution is 9.10. The number of fused-ring (bicyclic) bond motifs is 1. The summed E-state index contributed by atoms with van der Waals surface area (Å²) in [4.78, 5) is 4.17. The van der Waals surface area contributed by atoms with Gasteiger partial charge in [0.2, 0.25) is 0 Å². The van der Waals surface area contributed by atoms with Gasteiger partial charge in [-0.25, -0.2) is 4.98 Å². The molecule has 1 heterocycles. The maximum atomic E-state index is 6.09. The molecular formula is C10H6BrCl2N. The van der Waals surface area contributed by atoms with Crippen molar-refractivity contribution in [2.45, 2.75) is 6.92 Å². The van der Waals surface area contributed by atoms with Crippen LogP contribution in [0.15, 0.2) is 22.7 Å². The lowest BCUT2D eigenvalue weighted by Crippen LogP contribution is -1.85. The Bertz CT molecular complexity index is 464. The molecule has 0 N–H and O–H groups in total. The minimum Gasteiger partial charge on any atom is -0.241 e. The minimum atomic E-state index is 0.489. The Kier molecular flexibility index (Phi) is 2.69. The van der Waals surface area contributed by atoms with Gasteiger partial charge in [-0.15, -0.1) is 0 Å². The molecule has 1 aromatic carbocycles. The van der Waals surface area contributed by atoms with Crippen LogP contribution in [0.3, 0.4) is 0 Å². The number of halogens is 3. The van der Waals surface area contributed by atoms with Crippen molar-refractivity contribution < 1.29 is 0 Å². The molecule has 0 saturated heterocycles. The first kappa shape index (κ1) is 10.2. The molecule has 1 aromatic heterocycles. The third kappa shape index (κ3) is 1.74. The molecular weight excluding hydrogens is 285 g/mol. The van der Waals surface area contributed by atoms with Crippen molar-refractivity contribution in [1.82, 2.24) is 4.98 Å². The highest BCUT2D eigenvalue weighted by Gasteiger charge is 2.06. The number of nitrogens with zero attached hydrogens (tertiary/aromatic N) is 1. The number of hydrogen-bond acceptors (Lipinski definition) is 1. The van der Waals surface area contributed by atoms with Crippen LogP contribution in [-0.2, 0) is 0 Å². The zero-order chi connectivity index (χ0) is 10.3. The van der Waals surface area contributed by atoms with Crippen LogP contribution in [-0.4, -0.2) is 4.98 Å². The Labute approximate surface area is 100 Å². The van der Waals surface area contributed by atoms with Gasteiger partial charge in [-0.1, -0.05) is 39.1 Å². The van der Waals surface area contributed by atoms with E-state index in [1.807, 2.05) is 25.1 Å². The van der Waals surface area contributed by atoms with Crippen molar-refractivity contribution in [3.63, 3.8) is 0 Å². The molecule has 0 aliphatic heterocycles. The first-order chi connectivity index (χ1) is 6.58. The molecule has 14 heavy (non-hydrogen) atoms. The third-order valence-electron chi connectivity index (χ3n) is 1.94. The van der Waals surface area contributed by atoms with Gasteiger partial charge in [0, 0.05) is 26.0 Å². The van der Waals surface area contributed by atoms with E-state index >= 15 is 0 Å². The third-order valence-corrected chi connectivity index (χ3v) is 3.00. The lowest BCUT2D eigenvalue weighted by Gasteiger charge is -2.04. The number of benzene rings is 1. The Balaban J connectivity index is 2.94. The number of aromatic nitrogens is 1. The Morgan fingerprint density at radius 1 is 1.14 bits per heavy atom. The second-order valence-electron chi connectivity index (χ2n) is 3.04. The van der Waals surface area contributed by atoms with E-state index in [0.29, 0.717) is 10.2 Å². The number of aryl methyl sites for hydroxylation is 1. The average molecular weight is 291 g/mol. The molecule has 0 fully saturated rings. The van der Waals surface area contributed by atoms with E-state index in [2.05, 4.69) is 20.9 Å². The van der Waals surface area contributed by atoms with Crippen molar-refractivity contribution in [1.29, 1.82) is 0 Å². The number of rotatable bonds is 0. The molecule has 0 spiro atoms. The lowest BCUT2D eigenvalue weighted by molar-refractivity contribution is 1.22. The van der Waals surface area contributed by atoms with Crippen molar-refractivity contribution in [3.8, 4) is 0 Å². The van der Waals surface area contributed by atoms with Crippen molar-refractivity contribution in [2.24, 2.45) is 0 Å². The van der Waals surface area contributed by atoms with Crippen molar-refractivity contribution in [3.05, 3.63) is 38.5 Å². The van der Waals surface area contributed by atoms with Crippen LogP contribution in [0, 0.1) is 6.92 Å². The first-order valence-corrected chi connectivity index (χ1v) is 5.55. The SMILES string of the molecule is Cc1cc2c(Cl)cc(Br)cc2c(Cl)n1. The highest BCUT2D eigenvalue weighted by Crippen LogP contribution is 2.31. The predicted molar refractivity (Wildman–Crippen MR) is 64.2 cm³/mol. The van der Waals surface area contributed by atoms with Gasteiger partial charge in [0.05, 0.1) is 0 Å². The second-order valence-corrected chi connectivity index (χ2v) is 4.72. The molecule has 0 aliphatic rings. The van der Waals surface area contributed by atoms with Gasteiger partial charge < -0.3 is 0 Å². The number of hydrogen-bond donors (Lipinski definition) is 0. The van der Waals surface area contributed by atoms with Gasteiger partial charge in [-0.05, 0) is 25.1 Å². The molecule has 0 aliphatic carbocycles. The molecule has 1 nitrogen and oxygen atoms in total. The summed E-state index contributed by atoms with van der Waals surface area (Å²) in [5.74, 6) is 0. The van der Waals surface area contributed by atoms with Crippen LogP contribution in [0.1, 0.15) is 5.69 Å². The lowest BCUT2D eigenvalue weighted by atomic mass is 10.1. The zero-order valence-electron chi connectivity index (χ0n) is 7.31. The monoisotopic (exact) mass is 289 g/mol. The largest absolute Gasteiger partial charge is 0.241 e. The Morgan fingerprint density at radius 3 is 2.57 bits per heavy atom. The molecule has 72 valence electrons. The molecule has 0 saturated carbocycles. The zero-order valence-corrected chi connectivity index (χ0v) is 10.4. The second kappa shape index (κ2) is 3.69. The molecule has 4 heteroatoms. The molecule has 0 radical (unpaired) electrons. The molecule has 2 rings (SSSR count). The molecule has 0 bridgehead atoms.